The number of allylic oxidation sites excluding steroid dienone is 4. The molecule has 0 aliphatic rings. The summed E-state index contributed by atoms with van der Waals surface area (Å²) in [5, 5.41) is 0. The molecule has 0 bridgehead atoms. The Morgan fingerprint density at radius 2 is 0.541 bits per heavy atom. The Balaban J connectivity index is 4.35. The van der Waals surface area contributed by atoms with E-state index in [4.69, 9.17) is 14.2 Å². The van der Waals surface area contributed by atoms with E-state index in [0.29, 0.717) is 19.3 Å². The summed E-state index contributed by atoms with van der Waals surface area (Å²) < 4.78 is 16.8. The third-order valence-electron chi connectivity index (χ3n) is 11.9. The number of ether oxygens (including phenoxy) is 3. The molecule has 0 saturated carbocycles. The van der Waals surface area contributed by atoms with Crippen LogP contribution in [0.4, 0.5) is 0 Å². The van der Waals surface area contributed by atoms with Gasteiger partial charge in [0, 0.05) is 19.3 Å². The van der Waals surface area contributed by atoms with Gasteiger partial charge in [-0.25, -0.2) is 0 Å². The minimum absolute atomic E-state index is 0.0724. The molecule has 0 aliphatic carbocycles. The molecule has 0 aromatic rings. The molecule has 0 amide bonds. The molecule has 1 atom stereocenters. The standard InChI is InChI=1S/C55H102O6/c1-4-7-10-13-16-19-22-25-27-30-32-35-38-41-44-47-53(56)59-50-52(61-55(58)49-46-43-40-37-34-29-24-21-18-15-12-9-6-3)51-60-54(57)48-45-42-39-36-33-31-28-26-23-20-17-14-11-8-5-2/h19,22,26,28,52H,4-18,20-21,23-25,27,29-51H2,1-3H3/b22-19-,28-26-/t52-/m0/s1. The summed E-state index contributed by atoms with van der Waals surface area (Å²) in [5.41, 5.74) is 0. The lowest BCUT2D eigenvalue weighted by atomic mass is 10.0. The van der Waals surface area contributed by atoms with Crippen LogP contribution in [0.2, 0.25) is 0 Å². The van der Waals surface area contributed by atoms with Crippen molar-refractivity contribution in [3.63, 3.8) is 0 Å². The van der Waals surface area contributed by atoms with Crippen molar-refractivity contribution in [3.8, 4) is 0 Å². The molecule has 0 radical (unpaired) electrons. The summed E-state index contributed by atoms with van der Waals surface area (Å²) >= 11 is 0. The summed E-state index contributed by atoms with van der Waals surface area (Å²) in [6.07, 6.45) is 57.3. The molecule has 0 aromatic heterocycles. The number of carbonyl (C=O) groups is 3. The van der Waals surface area contributed by atoms with Crippen LogP contribution in [0.5, 0.6) is 0 Å². The quantitative estimate of drug-likeness (QED) is 0.0262. The molecular weight excluding hydrogens is 757 g/mol. The maximum Gasteiger partial charge on any atom is 0.306 e. The molecule has 0 fully saturated rings. The van der Waals surface area contributed by atoms with Crippen LogP contribution in [-0.2, 0) is 28.6 Å². The summed E-state index contributed by atoms with van der Waals surface area (Å²) in [6, 6.07) is 0. The Kier molecular flexibility index (Phi) is 48.8. The van der Waals surface area contributed by atoms with Gasteiger partial charge in [-0.1, -0.05) is 225 Å². The van der Waals surface area contributed by atoms with Crippen LogP contribution < -0.4 is 0 Å². The first-order chi connectivity index (χ1) is 30.0. The van der Waals surface area contributed by atoms with Gasteiger partial charge < -0.3 is 14.2 Å². The predicted molar refractivity (Wildman–Crippen MR) is 261 cm³/mol. The van der Waals surface area contributed by atoms with Crippen LogP contribution in [0, 0.1) is 0 Å². The van der Waals surface area contributed by atoms with Gasteiger partial charge in [0.25, 0.3) is 0 Å². The van der Waals surface area contributed by atoms with Crippen molar-refractivity contribution in [3.05, 3.63) is 24.3 Å². The highest BCUT2D eigenvalue weighted by Gasteiger charge is 2.19. The van der Waals surface area contributed by atoms with Gasteiger partial charge in [-0.15, -0.1) is 0 Å². The smallest absolute Gasteiger partial charge is 0.306 e. The summed E-state index contributed by atoms with van der Waals surface area (Å²) in [7, 11) is 0. The molecule has 0 rings (SSSR count). The zero-order chi connectivity index (χ0) is 44.4. The largest absolute Gasteiger partial charge is 0.462 e. The van der Waals surface area contributed by atoms with Gasteiger partial charge in [0.15, 0.2) is 6.10 Å². The van der Waals surface area contributed by atoms with Crippen LogP contribution >= 0.6 is 0 Å². The topological polar surface area (TPSA) is 78.9 Å². The van der Waals surface area contributed by atoms with E-state index in [1.165, 1.54) is 186 Å². The van der Waals surface area contributed by atoms with E-state index in [9.17, 15) is 14.4 Å². The van der Waals surface area contributed by atoms with Gasteiger partial charge in [0.05, 0.1) is 0 Å². The molecule has 0 heterocycles. The fourth-order valence-corrected chi connectivity index (χ4v) is 7.84. The first-order valence-electron chi connectivity index (χ1n) is 26.8. The molecule has 0 unspecified atom stereocenters. The Morgan fingerprint density at radius 3 is 0.836 bits per heavy atom. The molecule has 0 spiro atoms. The van der Waals surface area contributed by atoms with E-state index >= 15 is 0 Å². The number of hydrogen-bond acceptors (Lipinski definition) is 6. The average molecular weight is 859 g/mol. The fourth-order valence-electron chi connectivity index (χ4n) is 7.84. The highest BCUT2D eigenvalue weighted by atomic mass is 16.6. The average Bonchev–Trinajstić information content (AvgIpc) is 3.26. The lowest BCUT2D eigenvalue weighted by molar-refractivity contribution is -0.167. The van der Waals surface area contributed by atoms with Crippen LogP contribution in [0.1, 0.15) is 290 Å². The van der Waals surface area contributed by atoms with E-state index < -0.39 is 6.10 Å². The summed E-state index contributed by atoms with van der Waals surface area (Å²) in [4.78, 5) is 38.0. The minimum Gasteiger partial charge on any atom is -0.462 e. The monoisotopic (exact) mass is 859 g/mol. The van der Waals surface area contributed by atoms with Crippen molar-refractivity contribution < 1.29 is 28.6 Å². The molecule has 6 heteroatoms. The number of hydrogen-bond donors (Lipinski definition) is 0. The Labute approximate surface area is 379 Å². The number of rotatable bonds is 49. The van der Waals surface area contributed by atoms with E-state index in [0.717, 1.165) is 64.2 Å². The second-order valence-corrected chi connectivity index (χ2v) is 18.1. The fraction of sp³-hybridized carbons (Fsp3) is 0.873. The van der Waals surface area contributed by atoms with Gasteiger partial charge in [0.1, 0.15) is 13.2 Å². The minimum atomic E-state index is -0.771. The van der Waals surface area contributed by atoms with Crippen molar-refractivity contribution in [1.29, 1.82) is 0 Å². The second kappa shape index (κ2) is 50.5. The van der Waals surface area contributed by atoms with E-state index in [1.807, 2.05) is 0 Å². The lowest BCUT2D eigenvalue weighted by Crippen LogP contribution is -2.30. The predicted octanol–water partition coefficient (Wildman–Crippen LogP) is 17.5. The van der Waals surface area contributed by atoms with Crippen molar-refractivity contribution in [2.75, 3.05) is 13.2 Å². The maximum atomic E-state index is 12.8. The van der Waals surface area contributed by atoms with E-state index in [2.05, 4.69) is 45.1 Å². The molecule has 0 aromatic carbocycles. The van der Waals surface area contributed by atoms with Crippen molar-refractivity contribution in [1.82, 2.24) is 0 Å². The number of carbonyl (C=O) groups excluding carboxylic acids is 3. The Bertz CT molecular complexity index is 989. The van der Waals surface area contributed by atoms with Gasteiger partial charge in [-0.05, 0) is 70.6 Å². The van der Waals surface area contributed by atoms with Gasteiger partial charge in [-0.3, -0.25) is 14.4 Å². The van der Waals surface area contributed by atoms with Crippen LogP contribution in [-0.4, -0.2) is 37.2 Å². The van der Waals surface area contributed by atoms with Crippen LogP contribution in [0.15, 0.2) is 24.3 Å². The molecule has 6 nitrogen and oxygen atoms in total. The zero-order valence-electron chi connectivity index (χ0n) is 40.9. The van der Waals surface area contributed by atoms with Crippen LogP contribution in [0.3, 0.4) is 0 Å². The third kappa shape index (κ3) is 48.8. The van der Waals surface area contributed by atoms with Gasteiger partial charge >= 0.3 is 17.9 Å². The van der Waals surface area contributed by atoms with E-state index in [1.54, 1.807) is 0 Å². The Hall–Kier alpha value is -2.11. The van der Waals surface area contributed by atoms with Gasteiger partial charge in [0.2, 0.25) is 0 Å². The first kappa shape index (κ1) is 58.9. The second-order valence-electron chi connectivity index (χ2n) is 18.1. The van der Waals surface area contributed by atoms with E-state index in [-0.39, 0.29) is 31.1 Å². The normalized spacial score (nSPS) is 12.1. The van der Waals surface area contributed by atoms with Crippen molar-refractivity contribution in [2.45, 2.75) is 297 Å². The number of unbranched alkanes of at least 4 members (excludes halogenated alkanes) is 34. The third-order valence-corrected chi connectivity index (χ3v) is 11.9. The Morgan fingerprint density at radius 1 is 0.311 bits per heavy atom. The molecule has 0 saturated heterocycles. The van der Waals surface area contributed by atoms with Crippen molar-refractivity contribution in [2.24, 2.45) is 0 Å². The molecular formula is C55H102O6. The summed E-state index contributed by atoms with van der Waals surface area (Å²) in [6.45, 7) is 6.64. The first-order valence-corrected chi connectivity index (χ1v) is 26.8. The molecule has 358 valence electrons. The van der Waals surface area contributed by atoms with Crippen LogP contribution in [0.25, 0.3) is 0 Å². The number of esters is 3. The molecule has 0 N–H and O–H groups in total. The zero-order valence-corrected chi connectivity index (χ0v) is 40.9. The maximum absolute atomic E-state index is 12.8. The van der Waals surface area contributed by atoms with Crippen molar-refractivity contribution >= 4 is 17.9 Å². The molecule has 0 aliphatic heterocycles. The molecule has 61 heavy (non-hydrogen) atoms. The highest BCUT2D eigenvalue weighted by molar-refractivity contribution is 5.71. The lowest BCUT2D eigenvalue weighted by Gasteiger charge is -2.18. The highest BCUT2D eigenvalue weighted by Crippen LogP contribution is 2.16. The summed E-state index contributed by atoms with van der Waals surface area (Å²) in [5.74, 6) is -0.870. The SMILES string of the molecule is CCCCCC/C=C\CCCCCCCCCC(=O)OC[C@@H](COC(=O)CCCCCCC/C=C\CCCCCCCC)OC(=O)CCCCCCCCCCCCCCC. The van der Waals surface area contributed by atoms with Gasteiger partial charge in [-0.2, -0.15) is 0 Å².